The van der Waals surface area contributed by atoms with Crippen LogP contribution in [-0.2, 0) is 11.0 Å². The fourth-order valence-electron chi connectivity index (χ4n) is 3.80. The molecule has 2 aromatic heterocycles. The SMILES string of the molecule is O=C(CC1CC1)NNc1nncc(N2CCC(c3ncccc3C(F)(F)F)CC2)c1Cl. The predicted molar refractivity (Wildman–Crippen MR) is 110 cm³/mol. The average molecular weight is 455 g/mol. The summed E-state index contributed by atoms with van der Waals surface area (Å²) in [5.74, 6) is 0.256. The first kappa shape index (κ1) is 21.6. The number of alkyl halides is 3. The number of carbonyl (C=O) groups excluding carboxylic acids is 1. The molecule has 4 rings (SSSR count). The van der Waals surface area contributed by atoms with E-state index in [0.717, 1.165) is 18.9 Å². The molecule has 1 aliphatic carbocycles. The van der Waals surface area contributed by atoms with Gasteiger partial charge in [0.15, 0.2) is 5.82 Å². The minimum atomic E-state index is -4.43. The number of pyridine rings is 1. The number of carbonyl (C=O) groups is 1. The number of rotatable bonds is 6. The van der Waals surface area contributed by atoms with E-state index in [-0.39, 0.29) is 23.3 Å². The summed E-state index contributed by atoms with van der Waals surface area (Å²) in [6.45, 7) is 0.995. The number of hydrogen-bond acceptors (Lipinski definition) is 6. The minimum Gasteiger partial charge on any atom is -0.369 e. The summed E-state index contributed by atoms with van der Waals surface area (Å²) in [6, 6.07) is 2.38. The lowest BCUT2D eigenvalue weighted by Crippen LogP contribution is -2.35. The number of anilines is 2. The van der Waals surface area contributed by atoms with Crippen molar-refractivity contribution in [1.29, 1.82) is 0 Å². The van der Waals surface area contributed by atoms with Crippen LogP contribution >= 0.6 is 11.6 Å². The Morgan fingerprint density at radius 3 is 2.65 bits per heavy atom. The van der Waals surface area contributed by atoms with Crippen LogP contribution in [0.2, 0.25) is 5.02 Å². The van der Waals surface area contributed by atoms with Gasteiger partial charge in [-0.05, 0) is 43.7 Å². The summed E-state index contributed by atoms with van der Waals surface area (Å²) in [5.41, 5.74) is 5.33. The highest BCUT2D eigenvalue weighted by atomic mass is 35.5. The van der Waals surface area contributed by atoms with Gasteiger partial charge < -0.3 is 4.90 Å². The smallest absolute Gasteiger partial charge is 0.369 e. The molecule has 1 saturated carbocycles. The van der Waals surface area contributed by atoms with Gasteiger partial charge in [-0.1, -0.05) is 11.6 Å². The fourth-order valence-corrected chi connectivity index (χ4v) is 4.06. The molecule has 2 N–H and O–H groups in total. The molecule has 166 valence electrons. The first-order chi connectivity index (χ1) is 14.8. The van der Waals surface area contributed by atoms with E-state index in [1.54, 1.807) is 0 Å². The van der Waals surface area contributed by atoms with Crippen molar-refractivity contribution in [3.8, 4) is 0 Å². The van der Waals surface area contributed by atoms with E-state index in [1.165, 1.54) is 18.5 Å². The Kier molecular flexibility index (Phi) is 6.17. The van der Waals surface area contributed by atoms with Crippen LogP contribution in [0, 0.1) is 5.92 Å². The quantitative estimate of drug-likeness (QED) is 0.637. The van der Waals surface area contributed by atoms with Gasteiger partial charge in [-0.15, -0.1) is 5.10 Å². The van der Waals surface area contributed by atoms with Crippen LogP contribution < -0.4 is 15.8 Å². The maximum atomic E-state index is 13.3. The number of nitrogens with one attached hydrogen (secondary N) is 2. The number of hydrazine groups is 1. The third-order valence-electron chi connectivity index (χ3n) is 5.63. The highest BCUT2D eigenvalue weighted by Gasteiger charge is 2.37. The summed E-state index contributed by atoms with van der Waals surface area (Å²) in [7, 11) is 0. The Hall–Kier alpha value is -2.62. The highest BCUT2D eigenvalue weighted by Crippen LogP contribution is 2.39. The van der Waals surface area contributed by atoms with Crippen molar-refractivity contribution < 1.29 is 18.0 Å². The molecule has 1 saturated heterocycles. The maximum absolute atomic E-state index is 13.3. The van der Waals surface area contributed by atoms with Gasteiger partial charge >= 0.3 is 6.18 Å². The molecule has 0 radical (unpaired) electrons. The van der Waals surface area contributed by atoms with E-state index in [2.05, 4.69) is 26.0 Å². The van der Waals surface area contributed by atoms with Crippen molar-refractivity contribution in [2.45, 2.75) is 44.2 Å². The molecule has 2 aromatic rings. The second-order valence-corrected chi connectivity index (χ2v) is 8.29. The van der Waals surface area contributed by atoms with Crippen molar-refractivity contribution in [2.24, 2.45) is 5.92 Å². The molecule has 0 spiro atoms. The summed E-state index contributed by atoms with van der Waals surface area (Å²) < 4.78 is 40.0. The van der Waals surface area contributed by atoms with Crippen LogP contribution in [0.3, 0.4) is 0 Å². The predicted octanol–water partition coefficient (Wildman–Crippen LogP) is 4.17. The highest BCUT2D eigenvalue weighted by molar-refractivity contribution is 6.35. The molecular formula is C20H22ClF3N6O. The normalized spacial score (nSPS) is 17.5. The lowest BCUT2D eigenvalue weighted by atomic mass is 9.90. The molecule has 0 bridgehead atoms. The minimum absolute atomic E-state index is 0.0920. The number of piperidine rings is 1. The van der Waals surface area contributed by atoms with Crippen LogP contribution in [0.25, 0.3) is 0 Å². The standard InChI is InChI=1S/C20H22ClF3N6O/c21-17-15(11-26-28-19(17)29-27-16(31)10-12-3-4-12)30-8-5-13(6-9-30)18-14(20(22,23)24)2-1-7-25-18/h1-2,7,11-13H,3-6,8-10H2,(H,27,31)(H,28,29). The third kappa shape index (κ3) is 5.17. The van der Waals surface area contributed by atoms with Crippen molar-refractivity contribution in [2.75, 3.05) is 23.4 Å². The fraction of sp³-hybridized carbons (Fsp3) is 0.500. The second kappa shape index (κ2) is 8.86. The zero-order valence-electron chi connectivity index (χ0n) is 16.6. The molecule has 31 heavy (non-hydrogen) atoms. The van der Waals surface area contributed by atoms with Crippen molar-refractivity contribution in [3.63, 3.8) is 0 Å². The van der Waals surface area contributed by atoms with E-state index in [0.29, 0.717) is 49.0 Å². The molecule has 2 aliphatic rings. The molecule has 0 atom stereocenters. The van der Waals surface area contributed by atoms with Gasteiger partial charge in [0.1, 0.15) is 5.02 Å². The van der Waals surface area contributed by atoms with E-state index < -0.39 is 11.7 Å². The molecular weight excluding hydrogens is 433 g/mol. The van der Waals surface area contributed by atoms with E-state index in [1.807, 2.05) is 4.90 Å². The summed E-state index contributed by atoms with van der Waals surface area (Å²) >= 11 is 6.46. The van der Waals surface area contributed by atoms with Crippen LogP contribution in [0.15, 0.2) is 24.5 Å². The van der Waals surface area contributed by atoms with Gasteiger partial charge in [-0.3, -0.25) is 20.6 Å². The number of nitrogens with zero attached hydrogens (tertiary/aromatic N) is 4. The maximum Gasteiger partial charge on any atom is 0.418 e. The number of aromatic nitrogens is 3. The first-order valence-electron chi connectivity index (χ1n) is 10.2. The van der Waals surface area contributed by atoms with E-state index in [4.69, 9.17) is 11.6 Å². The van der Waals surface area contributed by atoms with Crippen molar-refractivity contribution in [3.05, 3.63) is 40.8 Å². The van der Waals surface area contributed by atoms with Gasteiger partial charge in [0.25, 0.3) is 0 Å². The van der Waals surface area contributed by atoms with Gasteiger partial charge in [-0.2, -0.15) is 18.3 Å². The molecule has 3 heterocycles. The summed E-state index contributed by atoms with van der Waals surface area (Å²) in [6.07, 6.45) is 2.09. The lowest BCUT2D eigenvalue weighted by molar-refractivity contribution is -0.138. The largest absolute Gasteiger partial charge is 0.418 e. The summed E-state index contributed by atoms with van der Waals surface area (Å²) in [4.78, 5) is 17.9. The van der Waals surface area contributed by atoms with Crippen LogP contribution in [-0.4, -0.2) is 34.2 Å². The Morgan fingerprint density at radius 1 is 1.23 bits per heavy atom. The Balaban J connectivity index is 1.40. The number of halogens is 4. The van der Waals surface area contributed by atoms with Gasteiger partial charge in [0, 0.05) is 31.6 Å². The van der Waals surface area contributed by atoms with E-state index in [9.17, 15) is 18.0 Å². The van der Waals surface area contributed by atoms with Crippen LogP contribution in [0.5, 0.6) is 0 Å². The topological polar surface area (TPSA) is 83.0 Å². The third-order valence-corrected chi connectivity index (χ3v) is 6.00. The van der Waals surface area contributed by atoms with Gasteiger partial charge in [0.2, 0.25) is 5.91 Å². The molecule has 1 aliphatic heterocycles. The molecule has 0 unspecified atom stereocenters. The zero-order valence-corrected chi connectivity index (χ0v) is 17.4. The Labute approximate surface area is 182 Å². The first-order valence-corrected chi connectivity index (χ1v) is 10.5. The molecule has 1 amide bonds. The molecule has 11 heteroatoms. The van der Waals surface area contributed by atoms with Gasteiger partial charge in [0.05, 0.1) is 23.1 Å². The molecule has 2 fully saturated rings. The van der Waals surface area contributed by atoms with Crippen molar-refractivity contribution >= 4 is 29.0 Å². The molecule has 0 aromatic carbocycles. The van der Waals surface area contributed by atoms with Crippen LogP contribution in [0.4, 0.5) is 24.7 Å². The van der Waals surface area contributed by atoms with E-state index >= 15 is 0 Å². The average Bonchev–Trinajstić information content (AvgIpc) is 3.56. The second-order valence-electron chi connectivity index (χ2n) is 7.91. The monoisotopic (exact) mass is 454 g/mol. The molecule has 7 nitrogen and oxygen atoms in total. The van der Waals surface area contributed by atoms with Gasteiger partial charge in [-0.25, -0.2) is 0 Å². The van der Waals surface area contributed by atoms with Crippen LogP contribution in [0.1, 0.15) is 49.3 Å². The van der Waals surface area contributed by atoms with Crippen molar-refractivity contribution in [1.82, 2.24) is 20.6 Å². The zero-order chi connectivity index (χ0) is 22.0. The Morgan fingerprint density at radius 2 is 1.97 bits per heavy atom. The summed E-state index contributed by atoms with van der Waals surface area (Å²) in [5, 5.41) is 8.18. The Bertz CT molecular complexity index is 945. The number of hydrogen-bond donors (Lipinski definition) is 2. The lowest BCUT2D eigenvalue weighted by Gasteiger charge is -2.34. The number of amides is 1.